The van der Waals surface area contributed by atoms with Gasteiger partial charge < -0.3 is 15.3 Å². The van der Waals surface area contributed by atoms with Crippen molar-refractivity contribution < 1.29 is 9.90 Å². The molecule has 2 rings (SSSR count). The number of nitrogens with zero attached hydrogens (tertiary/aromatic N) is 1. The van der Waals surface area contributed by atoms with Gasteiger partial charge in [0.15, 0.2) is 0 Å². The number of aromatic hydroxyl groups is 1. The fourth-order valence-corrected chi connectivity index (χ4v) is 2.15. The van der Waals surface area contributed by atoms with E-state index in [1.54, 1.807) is 12.1 Å². The van der Waals surface area contributed by atoms with E-state index in [1.807, 2.05) is 31.7 Å². The van der Waals surface area contributed by atoms with Crippen LogP contribution in [0.25, 0.3) is 0 Å². The molecular formula is C12H16N2O2. The third kappa shape index (κ3) is 1.60. The number of phenols is 1. The van der Waals surface area contributed by atoms with Crippen molar-refractivity contribution in [2.75, 3.05) is 10.2 Å². The van der Waals surface area contributed by atoms with Crippen molar-refractivity contribution in [2.45, 2.75) is 32.9 Å². The number of fused-ring (bicyclic) bond motifs is 1. The van der Waals surface area contributed by atoms with Gasteiger partial charge in [0.2, 0.25) is 5.91 Å². The highest BCUT2D eigenvalue weighted by Gasteiger charge is 2.30. The predicted molar refractivity (Wildman–Crippen MR) is 63.8 cm³/mol. The summed E-state index contributed by atoms with van der Waals surface area (Å²) >= 11 is 0. The molecule has 1 aromatic rings. The first-order chi connectivity index (χ1) is 7.50. The molecule has 1 aliphatic heterocycles. The molecule has 0 spiro atoms. The average Bonchev–Trinajstić information content (AvgIpc) is 2.19. The monoisotopic (exact) mass is 220 g/mol. The molecule has 0 aromatic heterocycles. The fraction of sp³-hybridized carbons (Fsp3) is 0.417. The number of benzene rings is 1. The third-order valence-electron chi connectivity index (χ3n) is 2.87. The molecule has 0 radical (unpaired) electrons. The normalized spacial score (nSPS) is 19.6. The van der Waals surface area contributed by atoms with Gasteiger partial charge in [-0.1, -0.05) is 0 Å². The molecule has 0 saturated carbocycles. The molecule has 1 amide bonds. The van der Waals surface area contributed by atoms with Crippen LogP contribution >= 0.6 is 0 Å². The topological polar surface area (TPSA) is 52.6 Å². The van der Waals surface area contributed by atoms with Crippen LogP contribution in [-0.2, 0) is 4.79 Å². The van der Waals surface area contributed by atoms with Gasteiger partial charge in [-0.15, -0.1) is 0 Å². The second kappa shape index (κ2) is 3.70. The number of nitrogens with one attached hydrogen (secondary N) is 1. The number of carbonyl (C=O) groups excluding carboxylic acids is 1. The highest BCUT2D eigenvalue weighted by Crippen LogP contribution is 2.35. The van der Waals surface area contributed by atoms with E-state index in [-0.39, 0.29) is 23.7 Å². The summed E-state index contributed by atoms with van der Waals surface area (Å²) in [7, 11) is 0. The number of phenolic OH excluding ortho intramolecular Hbond substituents is 1. The number of hydrogen-bond donors (Lipinski definition) is 2. The van der Waals surface area contributed by atoms with Crippen molar-refractivity contribution >= 4 is 17.3 Å². The van der Waals surface area contributed by atoms with Crippen LogP contribution in [0.5, 0.6) is 5.75 Å². The van der Waals surface area contributed by atoms with Gasteiger partial charge in [0, 0.05) is 12.1 Å². The summed E-state index contributed by atoms with van der Waals surface area (Å²) in [6, 6.07) is 5.11. The van der Waals surface area contributed by atoms with E-state index in [0.29, 0.717) is 5.69 Å². The lowest BCUT2D eigenvalue weighted by atomic mass is 10.1. The number of amides is 1. The van der Waals surface area contributed by atoms with Crippen LogP contribution in [0.15, 0.2) is 18.2 Å². The molecule has 1 unspecified atom stereocenters. The Labute approximate surface area is 94.9 Å². The Hall–Kier alpha value is -1.71. The van der Waals surface area contributed by atoms with Crippen LogP contribution in [0, 0.1) is 0 Å². The lowest BCUT2D eigenvalue weighted by molar-refractivity contribution is -0.117. The summed E-state index contributed by atoms with van der Waals surface area (Å²) in [5.74, 6) is 0.129. The quantitative estimate of drug-likeness (QED) is 0.760. The maximum Gasteiger partial charge on any atom is 0.246 e. The van der Waals surface area contributed by atoms with Crippen molar-refractivity contribution in [3.8, 4) is 5.75 Å². The van der Waals surface area contributed by atoms with Crippen molar-refractivity contribution in [2.24, 2.45) is 0 Å². The molecule has 1 aromatic carbocycles. The van der Waals surface area contributed by atoms with Gasteiger partial charge >= 0.3 is 0 Å². The molecule has 0 fully saturated rings. The minimum Gasteiger partial charge on any atom is -0.508 e. The number of carbonyl (C=O) groups is 1. The molecule has 0 bridgehead atoms. The maximum absolute atomic E-state index is 11.7. The zero-order valence-electron chi connectivity index (χ0n) is 9.69. The number of rotatable bonds is 1. The average molecular weight is 220 g/mol. The Morgan fingerprint density at radius 3 is 2.75 bits per heavy atom. The zero-order valence-corrected chi connectivity index (χ0v) is 9.69. The molecule has 1 aliphatic rings. The van der Waals surface area contributed by atoms with Crippen LogP contribution in [0.4, 0.5) is 11.4 Å². The van der Waals surface area contributed by atoms with E-state index in [1.165, 1.54) is 0 Å². The van der Waals surface area contributed by atoms with Crippen LogP contribution in [0.2, 0.25) is 0 Å². The molecule has 0 aliphatic carbocycles. The second-order valence-corrected chi connectivity index (χ2v) is 4.37. The molecule has 86 valence electrons. The molecule has 4 heteroatoms. The first-order valence-electron chi connectivity index (χ1n) is 5.43. The molecule has 4 nitrogen and oxygen atoms in total. The SMILES string of the molecule is CC(C)N1c2ccc(O)cc2NC(=O)C1C. The Morgan fingerprint density at radius 2 is 2.12 bits per heavy atom. The largest absolute Gasteiger partial charge is 0.508 e. The lowest BCUT2D eigenvalue weighted by Gasteiger charge is -2.39. The van der Waals surface area contributed by atoms with Crippen molar-refractivity contribution in [1.29, 1.82) is 0 Å². The lowest BCUT2D eigenvalue weighted by Crippen LogP contribution is -2.49. The smallest absolute Gasteiger partial charge is 0.246 e. The Bertz CT molecular complexity index is 429. The van der Waals surface area contributed by atoms with Crippen molar-refractivity contribution in [3.63, 3.8) is 0 Å². The van der Waals surface area contributed by atoms with Crippen LogP contribution < -0.4 is 10.2 Å². The van der Waals surface area contributed by atoms with Crippen LogP contribution in [0.1, 0.15) is 20.8 Å². The Kier molecular flexibility index (Phi) is 2.50. The predicted octanol–water partition coefficient (Wildman–Crippen LogP) is 1.95. The highest BCUT2D eigenvalue weighted by molar-refractivity contribution is 6.03. The zero-order chi connectivity index (χ0) is 11.9. The van der Waals surface area contributed by atoms with Gasteiger partial charge in [0.1, 0.15) is 11.8 Å². The molecular weight excluding hydrogens is 204 g/mol. The van der Waals surface area contributed by atoms with E-state index in [9.17, 15) is 9.90 Å². The summed E-state index contributed by atoms with van der Waals surface area (Å²) in [6.45, 7) is 5.97. The number of anilines is 2. The van der Waals surface area contributed by atoms with E-state index in [4.69, 9.17) is 0 Å². The summed E-state index contributed by atoms with van der Waals surface area (Å²) < 4.78 is 0. The van der Waals surface area contributed by atoms with Gasteiger partial charge in [0.25, 0.3) is 0 Å². The summed E-state index contributed by atoms with van der Waals surface area (Å²) in [6.07, 6.45) is 0. The van der Waals surface area contributed by atoms with E-state index in [0.717, 1.165) is 5.69 Å². The van der Waals surface area contributed by atoms with Gasteiger partial charge in [-0.25, -0.2) is 0 Å². The highest BCUT2D eigenvalue weighted by atomic mass is 16.3. The first-order valence-corrected chi connectivity index (χ1v) is 5.43. The minimum absolute atomic E-state index is 0.0354. The fourth-order valence-electron chi connectivity index (χ4n) is 2.15. The Morgan fingerprint density at radius 1 is 1.44 bits per heavy atom. The number of hydrogen-bond acceptors (Lipinski definition) is 3. The molecule has 0 saturated heterocycles. The first kappa shape index (κ1) is 10.8. The molecule has 2 N–H and O–H groups in total. The Balaban J connectivity index is 2.52. The summed E-state index contributed by atoms with van der Waals surface area (Å²) in [5, 5.41) is 12.2. The summed E-state index contributed by atoms with van der Waals surface area (Å²) in [4.78, 5) is 13.8. The molecule has 1 atom stereocenters. The second-order valence-electron chi connectivity index (χ2n) is 4.37. The van der Waals surface area contributed by atoms with Gasteiger partial charge in [-0.2, -0.15) is 0 Å². The van der Waals surface area contributed by atoms with Crippen LogP contribution in [-0.4, -0.2) is 23.1 Å². The summed E-state index contributed by atoms with van der Waals surface area (Å²) in [5.41, 5.74) is 1.64. The van der Waals surface area contributed by atoms with E-state index in [2.05, 4.69) is 5.32 Å². The maximum atomic E-state index is 11.7. The standard InChI is InChI=1S/C12H16N2O2/c1-7(2)14-8(3)12(16)13-10-6-9(15)4-5-11(10)14/h4-8,15H,1-3H3,(H,13,16). The van der Waals surface area contributed by atoms with Gasteiger partial charge in [-0.3, -0.25) is 4.79 Å². The van der Waals surface area contributed by atoms with Gasteiger partial charge in [0.05, 0.1) is 11.4 Å². The van der Waals surface area contributed by atoms with Crippen molar-refractivity contribution in [1.82, 2.24) is 0 Å². The molecule has 1 heterocycles. The molecule has 16 heavy (non-hydrogen) atoms. The van der Waals surface area contributed by atoms with E-state index < -0.39 is 0 Å². The van der Waals surface area contributed by atoms with Crippen LogP contribution in [0.3, 0.4) is 0 Å². The van der Waals surface area contributed by atoms with E-state index >= 15 is 0 Å². The van der Waals surface area contributed by atoms with Gasteiger partial charge in [-0.05, 0) is 32.9 Å². The third-order valence-corrected chi connectivity index (χ3v) is 2.87. The van der Waals surface area contributed by atoms with Crippen molar-refractivity contribution in [3.05, 3.63) is 18.2 Å². The minimum atomic E-state index is -0.183.